The van der Waals surface area contributed by atoms with E-state index in [0.717, 1.165) is 25.7 Å². The van der Waals surface area contributed by atoms with Crippen molar-refractivity contribution in [3.05, 3.63) is 24.3 Å². The molecule has 0 radical (unpaired) electrons. The molecule has 0 rings (SSSR count). The van der Waals surface area contributed by atoms with Gasteiger partial charge < -0.3 is 4.74 Å². The Bertz CT molecular complexity index is 754. The highest BCUT2D eigenvalue weighted by molar-refractivity contribution is 5.69. The summed E-state index contributed by atoms with van der Waals surface area (Å²) in [6.07, 6.45) is 70.5. The first-order valence-electron chi connectivity index (χ1n) is 25.8. The van der Waals surface area contributed by atoms with E-state index in [0.29, 0.717) is 13.0 Å². The zero-order valence-electron chi connectivity index (χ0n) is 38.2. The molecule has 2 nitrogen and oxygen atoms in total. The van der Waals surface area contributed by atoms with Crippen LogP contribution in [0.5, 0.6) is 0 Å². The maximum atomic E-state index is 12.0. The van der Waals surface area contributed by atoms with Crippen LogP contribution in [0, 0.1) is 0 Å². The van der Waals surface area contributed by atoms with Gasteiger partial charge in [0, 0.05) is 6.42 Å². The summed E-state index contributed by atoms with van der Waals surface area (Å²) in [7, 11) is 0. The molecule has 0 saturated heterocycles. The second-order valence-electron chi connectivity index (χ2n) is 17.5. The first-order valence-corrected chi connectivity index (χ1v) is 25.8. The minimum atomic E-state index is 0.0153. The van der Waals surface area contributed by atoms with Gasteiger partial charge in [0.25, 0.3) is 0 Å². The van der Waals surface area contributed by atoms with Crippen molar-refractivity contribution < 1.29 is 9.53 Å². The number of unbranched alkanes of at least 4 members (excludes halogenated alkanes) is 40. The molecule has 326 valence electrons. The van der Waals surface area contributed by atoms with Crippen LogP contribution in [0.15, 0.2) is 24.3 Å². The molecular weight excluding hydrogens is 669 g/mol. The lowest BCUT2D eigenvalue weighted by molar-refractivity contribution is -0.143. The maximum absolute atomic E-state index is 12.0. The minimum Gasteiger partial charge on any atom is -0.466 e. The summed E-state index contributed by atoms with van der Waals surface area (Å²) >= 11 is 0. The number of allylic oxidation sites excluding steroid dienone is 4. The molecule has 0 aromatic heterocycles. The molecule has 0 fully saturated rings. The van der Waals surface area contributed by atoms with E-state index in [2.05, 4.69) is 38.2 Å². The number of ether oxygens (including phenoxy) is 1. The van der Waals surface area contributed by atoms with Crippen molar-refractivity contribution in [2.75, 3.05) is 6.61 Å². The predicted octanol–water partition coefficient (Wildman–Crippen LogP) is 19.2. The van der Waals surface area contributed by atoms with Gasteiger partial charge in [0.05, 0.1) is 6.61 Å². The van der Waals surface area contributed by atoms with Gasteiger partial charge >= 0.3 is 5.97 Å². The van der Waals surface area contributed by atoms with E-state index >= 15 is 0 Å². The van der Waals surface area contributed by atoms with E-state index in [9.17, 15) is 4.79 Å². The van der Waals surface area contributed by atoms with Crippen LogP contribution in [0.4, 0.5) is 0 Å². The fourth-order valence-corrected chi connectivity index (χ4v) is 7.99. The molecule has 0 spiro atoms. The van der Waals surface area contributed by atoms with Crippen LogP contribution in [0.2, 0.25) is 0 Å². The normalized spacial score (nSPS) is 11.8. The zero-order valence-corrected chi connectivity index (χ0v) is 38.2. The Morgan fingerprint density at radius 2 is 0.564 bits per heavy atom. The van der Waals surface area contributed by atoms with Gasteiger partial charge in [-0.1, -0.05) is 276 Å². The average molecular weight is 771 g/mol. The van der Waals surface area contributed by atoms with Crippen LogP contribution in [-0.4, -0.2) is 12.6 Å². The van der Waals surface area contributed by atoms with Crippen molar-refractivity contribution in [2.45, 2.75) is 303 Å². The van der Waals surface area contributed by atoms with Gasteiger partial charge in [-0.2, -0.15) is 0 Å². The standard InChI is InChI=1S/C53H102O2/c1-3-5-7-9-11-13-15-17-19-20-21-22-23-24-25-26-27-28-29-30-31-32-33-34-35-36-38-40-42-44-46-48-50-52-55-53(54)51-49-47-45-43-41-39-37-18-16-14-12-10-8-6-4-2/h12,14,18,37H,3-11,13,15-17,19-36,38-52H2,1-2H3/b14-12-,37-18-. The Morgan fingerprint density at radius 3 is 0.909 bits per heavy atom. The van der Waals surface area contributed by atoms with Crippen molar-refractivity contribution in [1.29, 1.82) is 0 Å². The summed E-state index contributed by atoms with van der Waals surface area (Å²) in [4.78, 5) is 12.0. The third-order valence-corrected chi connectivity index (χ3v) is 11.8. The third-order valence-electron chi connectivity index (χ3n) is 11.8. The van der Waals surface area contributed by atoms with Gasteiger partial charge in [-0.05, 0) is 44.9 Å². The summed E-state index contributed by atoms with van der Waals surface area (Å²) in [6.45, 7) is 5.19. The first-order chi connectivity index (χ1) is 27.3. The molecule has 0 bridgehead atoms. The topological polar surface area (TPSA) is 26.3 Å². The highest BCUT2D eigenvalue weighted by atomic mass is 16.5. The fourth-order valence-electron chi connectivity index (χ4n) is 7.99. The van der Waals surface area contributed by atoms with Crippen LogP contribution in [-0.2, 0) is 9.53 Å². The second-order valence-corrected chi connectivity index (χ2v) is 17.5. The highest BCUT2D eigenvalue weighted by Gasteiger charge is 2.03. The smallest absolute Gasteiger partial charge is 0.305 e. The summed E-state index contributed by atoms with van der Waals surface area (Å²) in [5.41, 5.74) is 0. The lowest BCUT2D eigenvalue weighted by Crippen LogP contribution is -2.05. The van der Waals surface area contributed by atoms with E-state index in [4.69, 9.17) is 4.74 Å². The van der Waals surface area contributed by atoms with Crippen molar-refractivity contribution in [1.82, 2.24) is 0 Å². The summed E-state index contributed by atoms with van der Waals surface area (Å²) in [6, 6.07) is 0. The second kappa shape index (κ2) is 51.0. The SMILES string of the molecule is CCCCC/C=C\C/C=C\CCCCCCCC(=O)OCCCCCCCCCCCCCCCCCCCCCCCCCCCCCCCCCCC. The number of esters is 1. The molecule has 0 N–H and O–H groups in total. The van der Waals surface area contributed by atoms with E-state index < -0.39 is 0 Å². The van der Waals surface area contributed by atoms with Gasteiger partial charge in [0.15, 0.2) is 0 Å². The van der Waals surface area contributed by atoms with Crippen molar-refractivity contribution >= 4 is 5.97 Å². The number of hydrogen-bond donors (Lipinski definition) is 0. The monoisotopic (exact) mass is 771 g/mol. The molecule has 0 unspecified atom stereocenters. The number of hydrogen-bond acceptors (Lipinski definition) is 2. The molecule has 2 heteroatoms. The lowest BCUT2D eigenvalue weighted by Gasteiger charge is -2.06. The van der Waals surface area contributed by atoms with Crippen LogP contribution in [0.25, 0.3) is 0 Å². The van der Waals surface area contributed by atoms with Crippen molar-refractivity contribution in [3.8, 4) is 0 Å². The first kappa shape index (κ1) is 53.9. The fraction of sp³-hybridized carbons (Fsp3) is 0.906. The quantitative estimate of drug-likeness (QED) is 0.0350. The van der Waals surface area contributed by atoms with Crippen molar-refractivity contribution in [3.63, 3.8) is 0 Å². The summed E-state index contributed by atoms with van der Waals surface area (Å²) < 4.78 is 5.48. The average Bonchev–Trinajstić information content (AvgIpc) is 3.19. The molecule has 55 heavy (non-hydrogen) atoms. The Labute approximate surface area is 348 Å². The predicted molar refractivity (Wildman–Crippen MR) is 248 cm³/mol. The molecule has 0 aromatic carbocycles. The van der Waals surface area contributed by atoms with Gasteiger partial charge in [-0.3, -0.25) is 4.79 Å². The number of carbonyl (C=O) groups excluding carboxylic acids is 1. The zero-order chi connectivity index (χ0) is 39.6. The molecular formula is C53H102O2. The van der Waals surface area contributed by atoms with Gasteiger partial charge in [-0.25, -0.2) is 0 Å². The maximum Gasteiger partial charge on any atom is 0.305 e. The van der Waals surface area contributed by atoms with Crippen molar-refractivity contribution in [2.24, 2.45) is 0 Å². The van der Waals surface area contributed by atoms with E-state index in [-0.39, 0.29) is 5.97 Å². The molecule has 0 saturated carbocycles. The molecule has 0 aliphatic heterocycles. The Morgan fingerprint density at radius 1 is 0.309 bits per heavy atom. The molecule has 0 amide bonds. The number of carbonyl (C=O) groups is 1. The number of rotatable bonds is 48. The Balaban J connectivity index is 3.16. The van der Waals surface area contributed by atoms with Gasteiger partial charge in [0.1, 0.15) is 0 Å². The highest BCUT2D eigenvalue weighted by Crippen LogP contribution is 2.17. The minimum absolute atomic E-state index is 0.0153. The van der Waals surface area contributed by atoms with Crippen LogP contribution < -0.4 is 0 Å². The lowest BCUT2D eigenvalue weighted by atomic mass is 10.0. The Hall–Kier alpha value is -1.05. The molecule has 0 atom stereocenters. The largest absolute Gasteiger partial charge is 0.466 e. The Kier molecular flexibility index (Phi) is 50.0. The van der Waals surface area contributed by atoms with Gasteiger partial charge in [-0.15, -0.1) is 0 Å². The molecule has 0 aliphatic carbocycles. The molecule has 0 aromatic rings. The van der Waals surface area contributed by atoms with E-state index in [1.807, 2.05) is 0 Å². The third kappa shape index (κ3) is 50.9. The van der Waals surface area contributed by atoms with Crippen LogP contribution in [0.1, 0.15) is 303 Å². The van der Waals surface area contributed by atoms with E-state index in [1.54, 1.807) is 0 Å². The van der Waals surface area contributed by atoms with E-state index in [1.165, 1.54) is 257 Å². The van der Waals surface area contributed by atoms with Crippen LogP contribution in [0.3, 0.4) is 0 Å². The molecule has 0 aliphatic rings. The van der Waals surface area contributed by atoms with Crippen LogP contribution >= 0.6 is 0 Å². The summed E-state index contributed by atoms with van der Waals surface area (Å²) in [5.74, 6) is 0.0153. The van der Waals surface area contributed by atoms with Gasteiger partial charge in [0.2, 0.25) is 0 Å². The summed E-state index contributed by atoms with van der Waals surface area (Å²) in [5, 5.41) is 0. The molecule has 0 heterocycles.